The second-order valence-electron chi connectivity index (χ2n) is 4.70. The van der Waals surface area contributed by atoms with Gasteiger partial charge in [-0.25, -0.2) is 0 Å². The highest BCUT2D eigenvalue weighted by molar-refractivity contribution is 5.45. The van der Waals surface area contributed by atoms with E-state index in [1.807, 2.05) is 38.1 Å². The first-order chi connectivity index (χ1) is 8.95. The lowest BCUT2D eigenvalue weighted by molar-refractivity contribution is 0.766. The number of nitriles is 1. The molecule has 0 saturated carbocycles. The fraction of sp³-hybridized carbons (Fsp3) is 0.267. The Labute approximate surface area is 111 Å². The van der Waals surface area contributed by atoms with Gasteiger partial charge >= 0.3 is 0 Å². The SMILES string of the molecule is Cc1ccc(C)c(-n2nc(C)c(C#N)c(C)c2=O)c1. The molecule has 4 nitrogen and oxygen atoms in total. The van der Waals surface area contributed by atoms with Crippen LogP contribution in [0.5, 0.6) is 0 Å². The van der Waals surface area contributed by atoms with E-state index in [0.29, 0.717) is 16.8 Å². The zero-order valence-corrected chi connectivity index (χ0v) is 11.5. The van der Waals surface area contributed by atoms with E-state index in [4.69, 9.17) is 5.26 Å². The predicted molar refractivity (Wildman–Crippen MR) is 73.5 cm³/mol. The number of hydrogen-bond donors (Lipinski definition) is 0. The van der Waals surface area contributed by atoms with Crippen LogP contribution in [0.1, 0.15) is 27.9 Å². The van der Waals surface area contributed by atoms with Gasteiger partial charge in [0.05, 0.1) is 16.9 Å². The van der Waals surface area contributed by atoms with Crippen LogP contribution in [0.4, 0.5) is 0 Å². The van der Waals surface area contributed by atoms with Crippen molar-refractivity contribution in [3.63, 3.8) is 0 Å². The fourth-order valence-electron chi connectivity index (χ4n) is 2.06. The Morgan fingerprint density at radius 3 is 2.53 bits per heavy atom. The van der Waals surface area contributed by atoms with Gasteiger partial charge < -0.3 is 0 Å². The summed E-state index contributed by atoms with van der Waals surface area (Å²) >= 11 is 0. The van der Waals surface area contributed by atoms with Crippen LogP contribution in [0, 0.1) is 39.0 Å². The Kier molecular flexibility index (Phi) is 3.22. The smallest absolute Gasteiger partial charge is 0.267 e. The monoisotopic (exact) mass is 253 g/mol. The van der Waals surface area contributed by atoms with Crippen molar-refractivity contribution in [3.05, 3.63) is 56.5 Å². The second-order valence-corrected chi connectivity index (χ2v) is 4.70. The molecule has 2 rings (SSSR count). The van der Waals surface area contributed by atoms with Crippen molar-refractivity contribution in [1.29, 1.82) is 5.26 Å². The summed E-state index contributed by atoms with van der Waals surface area (Å²) in [4.78, 5) is 12.3. The van der Waals surface area contributed by atoms with Crippen molar-refractivity contribution in [2.45, 2.75) is 27.7 Å². The van der Waals surface area contributed by atoms with E-state index in [0.717, 1.165) is 16.8 Å². The summed E-state index contributed by atoms with van der Waals surface area (Å²) in [6.45, 7) is 7.31. The fourth-order valence-corrected chi connectivity index (χ4v) is 2.06. The molecule has 0 fully saturated rings. The van der Waals surface area contributed by atoms with Crippen LogP contribution in [0.3, 0.4) is 0 Å². The summed E-state index contributed by atoms with van der Waals surface area (Å²) in [7, 11) is 0. The summed E-state index contributed by atoms with van der Waals surface area (Å²) in [5, 5.41) is 13.3. The van der Waals surface area contributed by atoms with Gasteiger partial charge in [-0.3, -0.25) is 4.79 Å². The largest absolute Gasteiger partial charge is 0.275 e. The molecule has 1 heterocycles. The molecule has 0 bridgehead atoms. The molecule has 0 saturated heterocycles. The van der Waals surface area contributed by atoms with E-state index in [1.54, 1.807) is 13.8 Å². The summed E-state index contributed by atoms with van der Waals surface area (Å²) in [6, 6.07) is 7.91. The Morgan fingerprint density at radius 1 is 1.21 bits per heavy atom. The van der Waals surface area contributed by atoms with Gasteiger partial charge in [0.1, 0.15) is 6.07 Å². The molecule has 19 heavy (non-hydrogen) atoms. The van der Waals surface area contributed by atoms with Gasteiger partial charge in [0.25, 0.3) is 5.56 Å². The van der Waals surface area contributed by atoms with Crippen LogP contribution in [-0.2, 0) is 0 Å². The third-order valence-electron chi connectivity index (χ3n) is 3.20. The molecule has 0 aliphatic rings. The highest BCUT2D eigenvalue weighted by atomic mass is 16.1. The Morgan fingerprint density at radius 2 is 1.89 bits per heavy atom. The van der Waals surface area contributed by atoms with E-state index in [9.17, 15) is 4.79 Å². The predicted octanol–water partition coefficient (Wildman–Crippen LogP) is 2.34. The van der Waals surface area contributed by atoms with E-state index in [-0.39, 0.29) is 5.56 Å². The quantitative estimate of drug-likeness (QED) is 0.783. The molecule has 1 aromatic carbocycles. The molecule has 1 aromatic heterocycles. The lowest BCUT2D eigenvalue weighted by Crippen LogP contribution is -2.26. The maximum Gasteiger partial charge on any atom is 0.275 e. The minimum atomic E-state index is -0.240. The summed E-state index contributed by atoms with van der Waals surface area (Å²) in [5.41, 5.74) is 3.94. The number of rotatable bonds is 1. The van der Waals surface area contributed by atoms with Gasteiger partial charge in [0.2, 0.25) is 0 Å². The minimum absolute atomic E-state index is 0.240. The van der Waals surface area contributed by atoms with E-state index >= 15 is 0 Å². The Bertz CT molecular complexity index is 751. The number of nitrogens with zero attached hydrogens (tertiary/aromatic N) is 3. The van der Waals surface area contributed by atoms with Crippen molar-refractivity contribution in [3.8, 4) is 11.8 Å². The van der Waals surface area contributed by atoms with Crippen molar-refractivity contribution in [1.82, 2.24) is 9.78 Å². The van der Waals surface area contributed by atoms with Gasteiger partial charge in [0.15, 0.2) is 0 Å². The summed E-state index contributed by atoms with van der Waals surface area (Å²) < 4.78 is 1.38. The molecular weight excluding hydrogens is 238 g/mol. The molecule has 96 valence electrons. The van der Waals surface area contributed by atoms with E-state index < -0.39 is 0 Å². The van der Waals surface area contributed by atoms with Gasteiger partial charge in [-0.1, -0.05) is 12.1 Å². The molecule has 0 spiro atoms. The molecule has 0 unspecified atom stereocenters. The summed E-state index contributed by atoms with van der Waals surface area (Å²) in [6.07, 6.45) is 0. The van der Waals surface area contributed by atoms with Gasteiger partial charge in [-0.05, 0) is 44.9 Å². The third kappa shape index (κ3) is 2.15. The van der Waals surface area contributed by atoms with E-state index in [2.05, 4.69) is 5.10 Å². The third-order valence-corrected chi connectivity index (χ3v) is 3.20. The van der Waals surface area contributed by atoms with Crippen LogP contribution >= 0.6 is 0 Å². The molecule has 0 radical (unpaired) electrons. The molecule has 0 amide bonds. The summed E-state index contributed by atoms with van der Waals surface area (Å²) in [5.74, 6) is 0. The van der Waals surface area contributed by atoms with Gasteiger partial charge in [0, 0.05) is 5.56 Å². The normalized spacial score (nSPS) is 10.3. The number of aromatic nitrogens is 2. The maximum atomic E-state index is 12.3. The van der Waals surface area contributed by atoms with Gasteiger partial charge in [-0.2, -0.15) is 15.0 Å². The first-order valence-corrected chi connectivity index (χ1v) is 6.04. The first kappa shape index (κ1) is 13.0. The standard InChI is InChI=1S/C15H15N3O/c1-9-5-6-10(2)14(7-9)18-15(19)11(3)13(8-16)12(4)17-18/h5-7H,1-4H3. The topological polar surface area (TPSA) is 58.7 Å². The van der Waals surface area contributed by atoms with Crippen molar-refractivity contribution >= 4 is 0 Å². The molecule has 4 heteroatoms. The minimum Gasteiger partial charge on any atom is -0.267 e. The van der Waals surface area contributed by atoms with Crippen LogP contribution in [0.2, 0.25) is 0 Å². The lowest BCUT2D eigenvalue weighted by Gasteiger charge is -2.11. The average molecular weight is 253 g/mol. The molecule has 0 aliphatic heterocycles. The van der Waals surface area contributed by atoms with Crippen molar-refractivity contribution in [2.24, 2.45) is 0 Å². The van der Waals surface area contributed by atoms with Gasteiger partial charge in [-0.15, -0.1) is 0 Å². The molecule has 0 atom stereocenters. The van der Waals surface area contributed by atoms with Crippen LogP contribution in [0.15, 0.2) is 23.0 Å². The molecular formula is C15H15N3O. The Hall–Kier alpha value is -2.41. The van der Waals surface area contributed by atoms with Crippen molar-refractivity contribution < 1.29 is 0 Å². The zero-order chi connectivity index (χ0) is 14.2. The highest BCUT2D eigenvalue weighted by Crippen LogP contribution is 2.15. The van der Waals surface area contributed by atoms with E-state index in [1.165, 1.54) is 4.68 Å². The second kappa shape index (κ2) is 4.69. The van der Waals surface area contributed by atoms with Crippen molar-refractivity contribution in [2.75, 3.05) is 0 Å². The Balaban J connectivity index is 2.82. The molecule has 0 aliphatic carbocycles. The lowest BCUT2D eigenvalue weighted by atomic mass is 10.1. The van der Waals surface area contributed by atoms with Crippen LogP contribution in [0.25, 0.3) is 5.69 Å². The zero-order valence-electron chi connectivity index (χ0n) is 11.5. The maximum absolute atomic E-state index is 12.3. The number of hydrogen-bond acceptors (Lipinski definition) is 3. The molecule has 2 aromatic rings. The highest BCUT2D eigenvalue weighted by Gasteiger charge is 2.13. The van der Waals surface area contributed by atoms with Crippen LogP contribution < -0.4 is 5.56 Å². The van der Waals surface area contributed by atoms with Crippen LogP contribution in [-0.4, -0.2) is 9.78 Å². The molecule has 0 N–H and O–H groups in total. The number of benzene rings is 1. The first-order valence-electron chi connectivity index (χ1n) is 6.04. The number of aryl methyl sites for hydroxylation is 3. The average Bonchev–Trinajstić information content (AvgIpc) is 2.37.